The number of nitrogens with one attached hydrogen (secondary N) is 1. The van der Waals surface area contributed by atoms with Gasteiger partial charge in [0.1, 0.15) is 18.0 Å². The standard InChI is InChI=1S/C15H22N2O4/c1-10(2)17(11(3)18)9-15(19)16-13-7-6-12(20-4)8-14(13)21-5/h6-8,10H,9H2,1-5H3,(H,16,19). The van der Waals surface area contributed by atoms with E-state index in [1.165, 1.54) is 18.9 Å². The van der Waals surface area contributed by atoms with E-state index in [1.807, 2.05) is 13.8 Å². The fourth-order valence-electron chi connectivity index (χ4n) is 1.90. The molecule has 0 saturated carbocycles. The highest BCUT2D eigenvalue weighted by molar-refractivity contribution is 5.95. The Labute approximate surface area is 125 Å². The van der Waals surface area contributed by atoms with Gasteiger partial charge in [-0.2, -0.15) is 0 Å². The normalized spacial score (nSPS) is 10.2. The molecule has 0 spiro atoms. The zero-order chi connectivity index (χ0) is 16.0. The predicted molar refractivity (Wildman–Crippen MR) is 80.7 cm³/mol. The van der Waals surface area contributed by atoms with E-state index < -0.39 is 0 Å². The van der Waals surface area contributed by atoms with Gasteiger partial charge in [0.2, 0.25) is 11.8 Å². The van der Waals surface area contributed by atoms with Crippen LogP contribution in [-0.4, -0.2) is 43.5 Å². The Bertz CT molecular complexity index is 514. The van der Waals surface area contributed by atoms with Gasteiger partial charge in [0, 0.05) is 19.0 Å². The molecule has 116 valence electrons. The molecule has 0 unspecified atom stereocenters. The number of carbonyl (C=O) groups is 2. The van der Waals surface area contributed by atoms with Crippen molar-refractivity contribution in [1.29, 1.82) is 0 Å². The van der Waals surface area contributed by atoms with Crippen molar-refractivity contribution < 1.29 is 19.1 Å². The van der Waals surface area contributed by atoms with Crippen LogP contribution in [0, 0.1) is 0 Å². The third-order valence-corrected chi connectivity index (χ3v) is 3.02. The molecule has 0 bridgehead atoms. The van der Waals surface area contributed by atoms with E-state index in [-0.39, 0.29) is 24.4 Å². The van der Waals surface area contributed by atoms with Crippen molar-refractivity contribution in [2.75, 3.05) is 26.1 Å². The molecule has 1 N–H and O–H groups in total. The van der Waals surface area contributed by atoms with Crippen LogP contribution in [0.3, 0.4) is 0 Å². The maximum Gasteiger partial charge on any atom is 0.244 e. The minimum absolute atomic E-state index is 0.00217. The van der Waals surface area contributed by atoms with Crippen molar-refractivity contribution in [3.8, 4) is 11.5 Å². The van der Waals surface area contributed by atoms with Gasteiger partial charge >= 0.3 is 0 Å². The predicted octanol–water partition coefficient (Wildman–Crippen LogP) is 1.90. The molecule has 0 saturated heterocycles. The van der Waals surface area contributed by atoms with Crippen LogP contribution >= 0.6 is 0 Å². The molecule has 0 radical (unpaired) electrons. The van der Waals surface area contributed by atoms with Crippen LogP contribution < -0.4 is 14.8 Å². The molecule has 6 nitrogen and oxygen atoms in total. The van der Waals surface area contributed by atoms with Crippen LogP contribution in [0.15, 0.2) is 18.2 Å². The Hall–Kier alpha value is -2.24. The molecule has 2 amide bonds. The van der Waals surface area contributed by atoms with E-state index in [2.05, 4.69) is 5.32 Å². The molecular weight excluding hydrogens is 272 g/mol. The van der Waals surface area contributed by atoms with Crippen LogP contribution in [-0.2, 0) is 9.59 Å². The number of anilines is 1. The van der Waals surface area contributed by atoms with Crippen molar-refractivity contribution in [2.45, 2.75) is 26.8 Å². The second-order valence-electron chi connectivity index (χ2n) is 4.86. The highest BCUT2D eigenvalue weighted by atomic mass is 16.5. The van der Waals surface area contributed by atoms with Crippen LogP contribution in [0.5, 0.6) is 11.5 Å². The molecule has 6 heteroatoms. The molecule has 0 aliphatic carbocycles. The average molecular weight is 294 g/mol. The zero-order valence-corrected chi connectivity index (χ0v) is 13.1. The second-order valence-corrected chi connectivity index (χ2v) is 4.86. The maximum atomic E-state index is 12.1. The number of hydrogen-bond acceptors (Lipinski definition) is 4. The first kappa shape index (κ1) is 16.8. The molecule has 0 aromatic heterocycles. The fraction of sp³-hybridized carbons (Fsp3) is 0.467. The molecule has 1 rings (SSSR count). The fourth-order valence-corrected chi connectivity index (χ4v) is 1.90. The van der Waals surface area contributed by atoms with E-state index in [0.717, 1.165) is 0 Å². The van der Waals surface area contributed by atoms with Gasteiger partial charge in [0.05, 0.1) is 19.9 Å². The molecular formula is C15H22N2O4. The molecule has 0 atom stereocenters. The van der Waals surface area contributed by atoms with Crippen molar-refractivity contribution in [3.63, 3.8) is 0 Å². The molecule has 0 heterocycles. The topological polar surface area (TPSA) is 67.9 Å². The lowest BCUT2D eigenvalue weighted by Crippen LogP contribution is -2.41. The molecule has 21 heavy (non-hydrogen) atoms. The molecule has 1 aromatic carbocycles. The largest absolute Gasteiger partial charge is 0.497 e. The number of benzene rings is 1. The number of hydrogen-bond donors (Lipinski definition) is 1. The van der Waals surface area contributed by atoms with E-state index in [9.17, 15) is 9.59 Å². The first-order valence-corrected chi connectivity index (χ1v) is 6.68. The Kier molecular flexibility index (Phi) is 6.02. The van der Waals surface area contributed by atoms with Gasteiger partial charge in [0.25, 0.3) is 0 Å². The summed E-state index contributed by atoms with van der Waals surface area (Å²) >= 11 is 0. The molecule has 0 aliphatic heterocycles. The number of methoxy groups -OCH3 is 2. The molecule has 1 aromatic rings. The monoisotopic (exact) mass is 294 g/mol. The highest BCUT2D eigenvalue weighted by Crippen LogP contribution is 2.28. The third kappa shape index (κ3) is 4.66. The Balaban J connectivity index is 2.81. The zero-order valence-electron chi connectivity index (χ0n) is 13.1. The molecule has 0 aliphatic rings. The lowest BCUT2D eigenvalue weighted by atomic mass is 10.2. The van der Waals surface area contributed by atoms with Crippen molar-refractivity contribution >= 4 is 17.5 Å². The van der Waals surface area contributed by atoms with Gasteiger partial charge < -0.3 is 19.7 Å². The summed E-state index contributed by atoms with van der Waals surface area (Å²) in [5, 5.41) is 2.74. The van der Waals surface area contributed by atoms with Crippen LogP contribution in [0.25, 0.3) is 0 Å². The summed E-state index contributed by atoms with van der Waals surface area (Å²) in [6, 6.07) is 5.07. The van der Waals surface area contributed by atoms with Gasteiger partial charge in [-0.25, -0.2) is 0 Å². The summed E-state index contributed by atoms with van der Waals surface area (Å²) in [6.45, 7) is 5.18. The summed E-state index contributed by atoms with van der Waals surface area (Å²) in [4.78, 5) is 25.0. The maximum absolute atomic E-state index is 12.1. The summed E-state index contributed by atoms with van der Waals surface area (Å²) in [7, 11) is 3.07. The van der Waals surface area contributed by atoms with E-state index in [0.29, 0.717) is 17.2 Å². The van der Waals surface area contributed by atoms with Crippen LogP contribution in [0.2, 0.25) is 0 Å². The summed E-state index contributed by atoms with van der Waals surface area (Å²) in [5.74, 6) is 0.725. The smallest absolute Gasteiger partial charge is 0.244 e. The summed E-state index contributed by atoms with van der Waals surface area (Å²) in [6.07, 6.45) is 0. The highest BCUT2D eigenvalue weighted by Gasteiger charge is 2.17. The van der Waals surface area contributed by atoms with Gasteiger partial charge in [-0.05, 0) is 26.0 Å². The quantitative estimate of drug-likeness (QED) is 0.870. The van der Waals surface area contributed by atoms with Crippen LogP contribution in [0.4, 0.5) is 5.69 Å². The number of amides is 2. The average Bonchev–Trinajstić information content (AvgIpc) is 2.44. The minimum Gasteiger partial charge on any atom is -0.497 e. The number of carbonyl (C=O) groups excluding carboxylic acids is 2. The van der Waals surface area contributed by atoms with Crippen molar-refractivity contribution in [1.82, 2.24) is 4.90 Å². The van der Waals surface area contributed by atoms with Gasteiger partial charge in [0.15, 0.2) is 0 Å². The lowest BCUT2D eigenvalue weighted by molar-refractivity contribution is -0.134. The number of nitrogens with zero attached hydrogens (tertiary/aromatic N) is 1. The first-order valence-electron chi connectivity index (χ1n) is 6.68. The minimum atomic E-state index is -0.276. The summed E-state index contributed by atoms with van der Waals surface area (Å²) in [5.41, 5.74) is 0.538. The Morgan fingerprint density at radius 2 is 1.90 bits per heavy atom. The number of ether oxygens (including phenoxy) is 2. The second kappa shape index (κ2) is 7.52. The van der Waals surface area contributed by atoms with Gasteiger partial charge in [-0.15, -0.1) is 0 Å². The summed E-state index contributed by atoms with van der Waals surface area (Å²) < 4.78 is 10.3. The molecule has 0 fully saturated rings. The first-order chi connectivity index (χ1) is 9.88. The SMILES string of the molecule is COc1ccc(NC(=O)CN(C(C)=O)C(C)C)c(OC)c1. The van der Waals surface area contributed by atoms with Crippen molar-refractivity contribution in [2.24, 2.45) is 0 Å². The van der Waals surface area contributed by atoms with Crippen LogP contribution in [0.1, 0.15) is 20.8 Å². The van der Waals surface area contributed by atoms with E-state index in [1.54, 1.807) is 25.3 Å². The third-order valence-electron chi connectivity index (χ3n) is 3.02. The van der Waals surface area contributed by atoms with E-state index >= 15 is 0 Å². The number of rotatable bonds is 6. The Morgan fingerprint density at radius 1 is 1.24 bits per heavy atom. The lowest BCUT2D eigenvalue weighted by Gasteiger charge is -2.24. The van der Waals surface area contributed by atoms with Crippen molar-refractivity contribution in [3.05, 3.63) is 18.2 Å². The Morgan fingerprint density at radius 3 is 2.38 bits per heavy atom. The van der Waals surface area contributed by atoms with Gasteiger partial charge in [-0.3, -0.25) is 9.59 Å². The van der Waals surface area contributed by atoms with E-state index in [4.69, 9.17) is 9.47 Å². The van der Waals surface area contributed by atoms with Gasteiger partial charge in [-0.1, -0.05) is 0 Å².